The van der Waals surface area contributed by atoms with E-state index in [0.29, 0.717) is 0 Å². The van der Waals surface area contributed by atoms with Crippen molar-refractivity contribution in [1.82, 2.24) is 0 Å². The van der Waals surface area contributed by atoms with Crippen LogP contribution >= 0.6 is 22.6 Å². The molecule has 0 saturated heterocycles. The van der Waals surface area contributed by atoms with Crippen LogP contribution in [0.2, 0.25) is 0 Å². The van der Waals surface area contributed by atoms with Crippen molar-refractivity contribution in [3.8, 4) is 0 Å². The summed E-state index contributed by atoms with van der Waals surface area (Å²) in [7, 11) is 0. The van der Waals surface area contributed by atoms with Gasteiger partial charge < -0.3 is 5.73 Å². The van der Waals surface area contributed by atoms with Crippen molar-refractivity contribution in [1.29, 1.82) is 0 Å². The second-order valence-electron chi connectivity index (χ2n) is 2.45. The quantitative estimate of drug-likeness (QED) is 0.553. The summed E-state index contributed by atoms with van der Waals surface area (Å²) in [5.74, 6) is 0. The van der Waals surface area contributed by atoms with Gasteiger partial charge in [-0.15, -0.1) is 0 Å². The summed E-state index contributed by atoms with van der Waals surface area (Å²) in [5, 5.41) is 0. The van der Waals surface area contributed by atoms with Gasteiger partial charge in [0.2, 0.25) is 0 Å². The molecule has 2 N–H and O–H groups in total. The van der Waals surface area contributed by atoms with Crippen molar-refractivity contribution in [3.05, 3.63) is 26.8 Å². The fourth-order valence-electron chi connectivity index (χ4n) is 0.922. The Bertz CT molecular complexity index is 232. The highest BCUT2D eigenvalue weighted by Crippen LogP contribution is 2.19. The summed E-state index contributed by atoms with van der Waals surface area (Å²) in [4.78, 5) is 0. The lowest BCUT2D eigenvalue weighted by Crippen LogP contribution is -1.93. The number of hydrogen-bond acceptors (Lipinski definition) is 1. The molecule has 10 heavy (non-hydrogen) atoms. The van der Waals surface area contributed by atoms with Gasteiger partial charge in [-0.25, -0.2) is 0 Å². The van der Waals surface area contributed by atoms with Crippen molar-refractivity contribution < 1.29 is 0 Å². The minimum absolute atomic E-state index is 0.917. The van der Waals surface area contributed by atoms with Gasteiger partial charge in [0.05, 0.1) is 0 Å². The Kier molecular flexibility index (Phi) is 2.18. The molecular weight excluding hydrogens is 237 g/mol. The van der Waals surface area contributed by atoms with Crippen molar-refractivity contribution in [2.45, 2.75) is 13.8 Å². The first-order valence-electron chi connectivity index (χ1n) is 3.13. The second kappa shape index (κ2) is 2.78. The molecule has 1 nitrogen and oxygen atoms in total. The molecule has 0 heterocycles. The van der Waals surface area contributed by atoms with Gasteiger partial charge in [-0.2, -0.15) is 0 Å². The monoisotopic (exact) mass is 247 g/mol. The average molecular weight is 247 g/mol. The zero-order valence-electron chi connectivity index (χ0n) is 6.11. The molecule has 1 aromatic carbocycles. The van der Waals surface area contributed by atoms with Crippen LogP contribution in [0.25, 0.3) is 0 Å². The number of nitrogens with two attached hydrogens (primary N) is 1. The SMILES string of the molecule is Cc1cc(I)cc(C)c1N. The number of anilines is 1. The van der Waals surface area contributed by atoms with Gasteiger partial charge in [-0.3, -0.25) is 0 Å². The molecule has 0 bridgehead atoms. The highest BCUT2D eigenvalue weighted by molar-refractivity contribution is 14.1. The molecule has 0 amide bonds. The van der Waals surface area contributed by atoms with Gasteiger partial charge in [-0.05, 0) is 59.7 Å². The normalized spacial score (nSPS) is 9.90. The van der Waals surface area contributed by atoms with Crippen molar-refractivity contribution in [2.75, 3.05) is 5.73 Å². The summed E-state index contributed by atoms with van der Waals surface area (Å²) in [6, 6.07) is 4.17. The van der Waals surface area contributed by atoms with Gasteiger partial charge in [0.1, 0.15) is 0 Å². The maximum Gasteiger partial charge on any atom is 0.0374 e. The lowest BCUT2D eigenvalue weighted by atomic mass is 10.1. The molecular formula is C8H10IN. The van der Waals surface area contributed by atoms with E-state index in [0.717, 1.165) is 5.69 Å². The Morgan fingerprint density at radius 3 is 2.00 bits per heavy atom. The predicted octanol–water partition coefficient (Wildman–Crippen LogP) is 2.49. The van der Waals surface area contributed by atoms with Crippen LogP contribution in [-0.4, -0.2) is 0 Å². The molecule has 54 valence electrons. The van der Waals surface area contributed by atoms with Crippen molar-refractivity contribution in [2.24, 2.45) is 0 Å². The highest BCUT2D eigenvalue weighted by Gasteiger charge is 1.97. The van der Waals surface area contributed by atoms with Crippen molar-refractivity contribution in [3.63, 3.8) is 0 Å². The van der Waals surface area contributed by atoms with E-state index >= 15 is 0 Å². The zero-order chi connectivity index (χ0) is 7.72. The summed E-state index contributed by atoms with van der Waals surface area (Å²) >= 11 is 2.29. The molecule has 0 aliphatic rings. The third-order valence-corrected chi connectivity index (χ3v) is 2.18. The zero-order valence-corrected chi connectivity index (χ0v) is 8.27. The Hall–Kier alpha value is -0.250. The largest absolute Gasteiger partial charge is 0.398 e. The van der Waals surface area contributed by atoms with Crippen LogP contribution in [0.1, 0.15) is 11.1 Å². The molecule has 1 aromatic rings. The molecule has 2 heteroatoms. The molecule has 0 saturated carbocycles. The van der Waals surface area contributed by atoms with Crippen molar-refractivity contribution >= 4 is 28.3 Å². The molecule has 0 unspecified atom stereocenters. The Labute approximate surface area is 74.8 Å². The second-order valence-corrected chi connectivity index (χ2v) is 3.70. The van der Waals surface area contributed by atoms with Gasteiger partial charge in [0.25, 0.3) is 0 Å². The fourth-order valence-corrected chi connectivity index (χ4v) is 1.86. The van der Waals surface area contributed by atoms with E-state index in [9.17, 15) is 0 Å². The molecule has 0 radical (unpaired) electrons. The van der Waals surface area contributed by atoms with Crippen LogP contribution in [0.4, 0.5) is 5.69 Å². The third-order valence-electron chi connectivity index (χ3n) is 1.56. The van der Waals surface area contributed by atoms with Crippen LogP contribution in [-0.2, 0) is 0 Å². The van der Waals surface area contributed by atoms with Gasteiger partial charge in [-0.1, -0.05) is 0 Å². The van der Waals surface area contributed by atoms with E-state index in [4.69, 9.17) is 5.73 Å². The predicted molar refractivity (Wildman–Crippen MR) is 53.0 cm³/mol. The van der Waals surface area contributed by atoms with Crippen LogP contribution in [0.3, 0.4) is 0 Å². The van der Waals surface area contributed by atoms with E-state index in [-0.39, 0.29) is 0 Å². The van der Waals surface area contributed by atoms with E-state index in [1.807, 2.05) is 13.8 Å². The topological polar surface area (TPSA) is 26.0 Å². The summed E-state index contributed by atoms with van der Waals surface area (Å²) in [6.07, 6.45) is 0. The van der Waals surface area contributed by atoms with Gasteiger partial charge in [0, 0.05) is 9.26 Å². The lowest BCUT2D eigenvalue weighted by molar-refractivity contribution is 1.37. The number of rotatable bonds is 0. The van der Waals surface area contributed by atoms with E-state index in [2.05, 4.69) is 34.7 Å². The molecule has 0 aliphatic heterocycles. The Balaban J connectivity index is 3.31. The summed E-state index contributed by atoms with van der Waals surface area (Å²) in [5.41, 5.74) is 9.01. The van der Waals surface area contributed by atoms with E-state index in [1.165, 1.54) is 14.7 Å². The van der Waals surface area contributed by atoms with E-state index < -0.39 is 0 Å². The maximum atomic E-state index is 5.75. The maximum absolute atomic E-state index is 5.75. The Morgan fingerprint density at radius 2 is 1.60 bits per heavy atom. The van der Waals surface area contributed by atoms with Crippen LogP contribution in [0.15, 0.2) is 12.1 Å². The van der Waals surface area contributed by atoms with E-state index in [1.54, 1.807) is 0 Å². The minimum atomic E-state index is 0.917. The Morgan fingerprint density at radius 1 is 1.20 bits per heavy atom. The molecule has 0 aliphatic carbocycles. The average Bonchev–Trinajstić information content (AvgIpc) is 1.82. The number of halogens is 1. The first-order chi connectivity index (χ1) is 4.61. The van der Waals surface area contributed by atoms with Gasteiger partial charge >= 0.3 is 0 Å². The van der Waals surface area contributed by atoms with Crippen LogP contribution in [0, 0.1) is 17.4 Å². The molecule has 1 rings (SSSR count). The molecule has 0 spiro atoms. The first kappa shape index (κ1) is 7.85. The minimum Gasteiger partial charge on any atom is -0.398 e. The first-order valence-corrected chi connectivity index (χ1v) is 4.21. The number of aryl methyl sites for hydroxylation is 2. The number of hydrogen-bond donors (Lipinski definition) is 1. The standard InChI is InChI=1S/C8H10IN/c1-5-3-7(9)4-6(2)8(5)10/h3-4H,10H2,1-2H3. The number of nitrogen functional groups attached to an aromatic ring is 1. The summed E-state index contributed by atoms with van der Waals surface area (Å²) < 4.78 is 1.25. The number of benzene rings is 1. The molecule has 0 atom stereocenters. The van der Waals surface area contributed by atoms with Crippen LogP contribution in [0.5, 0.6) is 0 Å². The lowest BCUT2D eigenvalue weighted by Gasteiger charge is -2.03. The summed E-state index contributed by atoms with van der Waals surface area (Å²) in [6.45, 7) is 4.06. The molecule has 0 aromatic heterocycles. The molecule has 0 fully saturated rings. The third kappa shape index (κ3) is 1.42. The highest BCUT2D eigenvalue weighted by atomic mass is 127. The smallest absolute Gasteiger partial charge is 0.0374 e. The van der Waals surface area contributed by atoms with Crippen LogP contribution < -0.4 is 5.73 Å². The fraction of sp³-hybridized carbons (Fsp3) is 0.250. The van der Waals surface area contributed by atoms with Gasteiger partial charge in [0.15, 0.2) is 0 Å².